The topological polar surface area (TPSA) is 72.3 Å². The van der Waals surface area contributed by atoms with Gasteiger partial charge in [0.2, 0.25) is 0 Å². The van der Waals surface area contributed by atoms with Gasteiger partial charge in [0.25, 0.3) is 0 Å². The minimum absolute atomic E-state index is 0.238. The molecule has 0 aromatic rings. The maximum Gasteiger partial charge on any atom is 0.129 e. The molecule has 0 radical (unpaired) electrons. The summed E-state index contributed by atoms with van der Waals surface area (Å²) in [7, 11) is 0. The fourth-order valence-electron chi connectivity index (χ4n) is 1.39. The van der Waals surface area contributed by atoms with E-state index in [2.05, 4.69) is 6.92 Å². The summed E-state index contributed by atoms with van der Waals surface area (Å²) in [5.74, 6) is 5.99. The molecular weight excluding hydrogens is 250 g/mol. The second kappa shape index (κ2) is 20.3. The number of rotatable bonds is 9. The molecule has 0 saturated carbocycles. The Labute approximate surface area is 126 Å². The highest BCUT2D eigenvalue weighted by atomic mass is 16.1. The van der Waals surface area contributed by atoms with Gasteiger partial charge in [-0.05, 0) is 32.6 Å². The Hall–Kier alpha value is -1.03. The molecule has 0 heterocycles. The lowest BCUT2D eigenvalue weighted by molar-refractivity contribution is -0.117. The first-order chi connectivity index (χ1) is 9.56. The van der Waals surface area contributed by atoms with Crippen LogP contribution in [0.1, 0.15) is 80.1 Å². The standard InChI is InChI=1S/C12H25N3O.2C2H6/c1-3-4-8-12(13)10-15(14)9-6-5-7-11(2)16;2*1-2/h10H,3-9,13-14H2,1-2H3;2*1-2H3/b12-10-;;. The zero-order chi connectivity index (χ0) is 16.4. The number of ketones is 1. The number of hydrazine groups is 1. The van der Waals surface area contributed by atoms with Gasteiger partial charge in [0.05, 0.1) is 0 Å². The minimum Gasteiger partial charge on any atom is -0.401 e. The Morgan fingerprint density at radius 2 is 1.60 bits per heavy atom. The van der Waals surface area contributed by atoms with Gasteiger partial charge in [0, 0.05) is 24.9 Å². The molecule has 0 atom stereocenters. The summed E-state index contributed by atoms with van der Waals surface area (Å²) in [6.07, 6.45) is 7.39. The van der Waals surface area contributed by atoms with Crippen molar-refractivity contribution in [2.75, 3.05) is 6.54 Å². The number of carbonyl (C=O) groups excluding carboxylic acids is 1. The number of nitrogens with zero attached hydrogens (tertiary/aromatic N) is 1. The van der Waals surface area contributed by atoms with Crippen LogP contribution in [0.15, 0.2) is 11.9 Å². The maximum atomic E-state index is 10.7. The van der Waals surface area contributed by atoms with E-state index in [4.69, 9.17) is 11.6 Å². The highest BCUT2D eigenvalue weighted by molar-refractivity contribution is 5.75. The summed E-state index contributed by atoms with van der Waals surface area (Å²) in [6.45, 7) is 12.5. The van der Waals surface area contributed by atoms with Gasteiger partial charge in [-0.1, -0.05) is 41.0 Å². The monoisotopic (exact) mass is 287 g/mol. The van der Waals surface area contributed by atoms with Crippen LogP contribution in [0.3, 0.4) is 0 Å². The first-order valence-corrected chi connectivity index (χ1v) is 8.03. The lowest BCUT2D eigenvalue weighted by atomic mass is 10.2. The molecule has 0 bridgehead atoms. The van der Waals surface area contributed by atoms with E-state index in [-0.39, 0.29) is 5.78 Å². The Kier molecular flexibility index (Phi) is 24.4. The molecule has 4 heteroatoms. The quantitative estimate of drug-likeness (QED) is 0.382. The normalized spacial score (nSPS) is 9.85. The summed E-state index contributed by atoms with van der Waals surface area (Å²) in [5, 5.41) is 1.62. The van der Waals surface area contributed by atoms with Crippen molar-refractivity contribution in [3.8, 4) is 0 Å². The van der Waals surface area contributed by atoms with E-state index in [0.29, 0.717) is 6.42 Å². The second-order valence-electron chi connectivity index (χ2n) is 4.20. The highest BCUT2D eigenvalue weighted by Gasteiger charge is 1.98. The number of allylic oxidation sites excluding steroid dienone is 1. The molecule has 4 N–H and O–H groups in total. The van der Waals surface area contributed by atoms with Gasteiger partial charge in [-0.3, -0.25) is 0 Å². The Morgan fingerprint density at radius 1 is 1.05 bits per heavy atom. The molecule has 0 rings (SSSR count). The summed E-state index contributed by atoms with van der Waals surface area (Å²) in [5.41, 5.74) is 6.63. The van der Waals surface area contributed by atoms with Crippen LogP contribution in [0.4, 0.5) is 0 Å². The summed E-state index contributed by atoms with van der Waals surface area (Å²) >= 11 is 0. The van der Waals surface area contributed by atoms with Gasteiger partial charge in [0.15, 0.2) is 0 Å². The van der Waals surface area contributed by atoms with Gasteiger partial charge in [0.1, 0.15) is 5.78 Å². The number of Topliss-reactive ketones (excluding diaryl/α,β-unsaturated/α-hetero) is 1. The van der Waals surface area contributed by atoms with E-state index in [0.717, 1.165) is 44.3 Å². The molecule has 0 aromatic carbocycles. The number of hydrogen-bond acceptors (Lipinski definition) is 4. The summed E-state index contributed by atoms with van der Waals surface area (Å²) in [4.78, 5) is 10.7. The molecule has 0 saturated heterocycles. The lowest BCUT2D eigenvalue weighted by Crippen LogP contribution is -2.27. The number of nitrogens with two attached hydrogens (primary N) is 2. The summed E-state index contributed by atoms with van der Waals surface area (Å²) < 4.78 is 0. The molecular formula is C16H37N3O. The number of unbranched alkanes of at least 4 members (excludes halogenated alkanes) is 2. The maximum absolute atomic E-state index is 10.7. The molecule has 0 amide bonds. The van der Waals surface area contributed by atoms with E-state index >= 15 is 0 Å². The predicted molar refractivity (Wildman–Crippen MR) is 89.9 cm³/mol. The van der Waals surface area contributed by atoms with Gasteiger partial charge >= 0.3 is 0 Å². The molecule has 0 aromatic heterocycles. The number of hydrogen-bond donors (Lipinski definition) is 2. The van der Waals surface area contributed by atoms with Crippen molar-refractivity contribution < 1.29 is 4.79 Å². The van der Waals surface area contributed by atoms with Crippen molar-refractivity contribution in [2.24, 2.45) is 11.6 Å². The van der Waals surface area contributed by atoms with E-state index < -0.39 is 0 Å². The Balaban J connectivity index is -0.000000656. The molecule has 0 unspecified atom stereocenters. The average Bonchev–Trinajstić information content (AvgIpc) is 2.45. The average molecular weight is 287 g/mol. The zero-order valence-electron chi connectivity index (χ0n) is 14.5. The van der Waals surface area contributed by atoms with Crippen LogP contribution in [0.25, 0.3) is 0 Å². The van der Waals surface area contributed by atoms with Crippen LogP contribution in [0, 0.1) is 0 Å². The fraction of sp³-hybridized carbons (Fsp3) is 0.812. The van der Waals surface area contributed by atoms with Crippen molar-refractivity contribution in [2.45, 2.75) is 80.1 Å². The Bertz CT molecular complexity index is 228. The molecule has 0 fully saturated rings. The van der Waals surface area contributed by atoms with Crippen LogP contribution < -0.4 is 11.6 Å². The first-order valence-electron chi connectivity index (χ1n) is 8.03. The van der Waals surface area contributed by atoms with Crippen molar-refractivity contribution >= 4 is 5.78 Å². The van der Waals surface area contributed by atoms with Crippen LogP contribution in [-0.2, 0) is 4.79 Å². The molecule has 0 spiro atoms. The third kappa shape index (κ3) is 22.2. The van der Waals surface area contributed by atoms with E-state index in [1.165, 1.54) is 0 Å². The van der Waals surface area contributed by atoms with Crippen LogP contribution >= 0.6 is 0 Å². The fourth-order valence-corrected chi connectivity index (χ4v) is 1.39. The first kappa shape index (κ1) is 24.0. The lowest BCUT2D eigenvalue weighted by Gasteiger charge is -2.14. The van der Waals surface area contributed by atoms with Crippen molar-refractivity contribution in [1.29, 1.82) is 0 Å². The van der Waals surface area contributed by atoms with E-state index in [9.17, 15) is 4.79 Å². The molecule has 122 valence electrons. The van der Waals surface area contributed by atoms with Crippen molar-refractivity contribution in [1.82, 2.24) is 5.01 Å². The number of carbonyl (C=O) groups is 1. The molecule has 0 aliphatic carbocycles. The van der Waals surface area contributed by atoms with Crippen molar-refractivity contribution in [3.05, 3.63) is 11.9 Å². The van der Waals surface area contributed by atoms with E-state index in [1.54, 1.807) is 18.1 Å². The minimum atomic E-state index is 0.238. The van der Waals surface area contributed by atoms with Gasteiger partial charge in [-0.15, -0.1) is 0 Å². The SMILES string of the molecule is CC.CC.CCCC/C(N)=C/N(N)CCCCC(C)=O. The third-order valence-electron chi connectivity index (χ3n) is 2.35. The summed E-state index contributed by atoms with van der Waals surface area (Å²) in [6, 6.07) is 0. The Morgan fingerprint density at radius 3 is 2.05 bits per heavy atom. The predicted octanol–water partition coefficient (Wildman–Crippen LogP) is 3.96. The van der Waals surface area contributed by atoms with Crippen LogP contribution in [0.2, 0.25) is 0 Å². The van der Waals surface area contributed by atoms with Crippen LogP contribution in [-0.4, -0.2) is 17.3 Å². The molecule has 20 heavy (non-hydrogen) atoms. The highest BCUT2D eigenvalue weighted by Crippen LogP contribution is 2.03. The van der Waals surface area contributed by atoms with Gasteiger partial charge < -0.3 is 15.5 Å². The molecule has 0 aliphatic rings. The van der Waals surface area contributed by atoms with Gasteiger partial charge in [-0.25, -0.2) is 5.84 Å². The molecule has 4 nitrogen and oxygen atoms in total. The zero-order valence-corrected chi connectivity index (χ0v) is 14.5. The van der Waals surface area contributed by atoms with Crippen molar-refractivity contribution in [3.63, 3.8) is 0 Å². The smallest absolute Gasteiger partial charge is 0.129 e. The largest absolute Gasteiger partial charge is 0.401 e. The van der Waals surface area contributed by atoms with E-state index in [1.807, 2.05) is 27.7 Å². The van der Waals surface area contributed by atoms with Gasteiger partial charge in [-0.2, -0.15) is 0 Å². The molecule has 0 aliphatic heterocycles. The third-order valence-corrected chi connectivity index (χ3v) is 2.35. The van der Waals surface area contributed by atoms with Crippen LogP contribution in [0.5, 0.6) is 0 Å². The second-order valence-corrected chi connectivity index (χ2v) is 4.20.